The maximum Gasteiger partial charge on any atom is 0.264 e. The van der Waals surface area contributed by atoms with E-state index < -0.39 is 11.2 Å². The van der Waals surface area contributed by atoms with Gasteiger partial charge in [-0.1, -0.05) is 53.2 Å². The number of thioether (sulfide) groups is 1. The summed E-state index contributed by atoms with van der Waals surface area (Å²) in [4.78, 5) is 27.4. The lowest BCUT2D eigenvalue weighted by Crippen LogP contribution is -2.32. The van der Waals surface area contributed by atoms with Gasteiger partial charge in [-0.2, -0.15) is 5.26 Å². The third-order valence-corrected chi connectivity index (χ3v) is 6.80. The molecule has 0 aromatic heterocycles. The largest absolute Gasteiger partial charge is 0.497 e. The quantitative estimate of drug-likeness (QED) is 0.346. The Balaban J connectivity index is 2.05. The molecule has 1 aliphatic rings. The van der Waals surface area contributed by atoms with Crippen LogP contribution >= 0.6 is 35.0 Å². The monoisotopic (exact) mass is 487 g/mol. The van der Waals surface area contributed by atoms with Crippen LogP contribution < -0.4 is 15.0 Å². The lowest BCUT2D eigenvalue weighted by molar-refractivity contribution is -0.117. The first-order valence-electron chi connectivity index (χ1n) is 9.52. The Labute approximate surface area is 200 Å². The van der Waals surface area contributed by atoms with Crippen molar-refractivity contribution in [3.8, 4) is 11.8 Å². The molecule has 0 spiro atoms. The van der Waals surface area contributed by atoms with Gasteiger partial charge in [-0.3, -0.25) is 14.5 Å². The number of hydrogen-bond donors (Lipinski definition) is 1. The fraction of sp³-hybridized carbons (Fsp3) is 0.174. The van der Waals surface area contributed by atoms with E-state index in [1.165, 1.54) is 11.0 Å². The normalized spacial score (nSPS) is 17.0. The second-order valence-electron chi connectivity index (χ2n) is 6.69. The van der Waals surface area contributed by atoms with Gasteiger partial charge in [0.15, 0.2) is 0 Å². The average Bonchev–Trinajstić information content (AvgIpc) is 3.11. The van der Waals surface area contributed by atoms with E-state index in [9.17, 15) is 14.9 Å². The molecule has 2 aromatic rings. The number of nitrogens with zero attached hydrogens (tertiary/aromatic N) is 2. The summed E-state index contributed by atoms with van der Waals surface area (Å²) in [5.41, 5.74) is 1.07. The molecule has 1 heterocycles. The van der Waals surface area contributed by atoms with Crippen molar-refractivity contribution in [2.24, 2.45) is 0 Å². The number of benzene rings is 2. The van der Waals surface area contributed by atoms with E-state index in [1.54, 1.807) is 49.6 Å². The molecule has 2 amide bonds. The number of nitriles is 1. The zero-order valence-corrected chi connectivity index (χ0v) is 19.4. The summed E-state index contributed by atoms with van der Waals surface area (Å²) in [5.74, 6) is -0.233. The van der Waals surface area contributed by atoms with Gasteiger partial charge < -0.3 is 10.1 Å². The zero-order chi connectivity index (χ0) is 23.3. The van der Waals surface area contributed by atoms with Crippen LogP contribution in [0.3, 0.4) is 0 Å². The summed E-state index contributed by atoms with van der Waals surface area (Å²) in [6.45, 7) is 3.76. The maximum atomic E-state index is 13.4. The average molecular weight is 488 g/mol. The summed E-state index contributed by atoms with van der Waals surface area (Å²) in [5, 5.41) is 12.8. The van der Waals surface area contributed by atoms with Gasteiger partial charge in [-0.25, -0.2) is 0 Å². The van der Waals surface area contributed by atoms with Gasteiger partial charge in [0, 0.05) is 12.2 Å². The first-order chi connectivity index (χ1) is 15.4. The predicted octanol–water partition coefficient (Wildman–Crippen LogP) is 4.73. The van der Waals surface area contributed by atoms with Crippen LogP contribution in [-0.4, -0.2) is 30.7 Å². The van der Waals surface area contributed by atoms with E-state index in [2.05, 4.69) is 11.9 Å². The highest BCUT2D eigenvalue weighted by atomic mass is 35.5. The van der Waals surface area contributed by atoms with Crippen molar-refractivity contribution < 1.29 is 14.3 Å². The number of ether oxygens (including phenoxy) is 1. The molecule has 0 saturated carbocycles. The molecule has 1 fully saturated rings. The van der Waals surface area contributed by atoms with E-state index >= 15 is 0 Å². The van der Waals surface area contributed by atoms with Gasteiger partial charge in [0.1, 0.15) is 22.4 Å². The Kier molecular flexibility index (Phi) is 7.86. The lowest BCUT2D eigenvalue weighted by atomic mass is 10.1. The number of methoxy groups -OCH3 is 1. The highest BCUT2D eigenvalue weighted by molar-refractivity contribution is 8.05. The predicted molar refractivity (Wildman–Crippen MR) is 128 cm³/mol. The van der Waals surface area contributed by atoms with Gasteiger partial charge in [-0.15, -0.1) is 6.58 Å². The number of carbonyl (C=O) groups is 2. The number of nitrogens with one attached hydrogen (secondary N) is 1. The summed E-state index contributed by atoms with van der Waals surface area (Å²) in [7, 11) is 1.54. The lowest BCUT2D eigenvalue weighted by Gasteiger charge is -2.19. The van der Waals surface area contributed by atoms with E-state index in [-0.39, 0.29) is 29.5 Å². The number of hydrogen-bond acceptors (Lipinski definition) is 5. The molecule has 6 nitrogen and oxygen atoms in total. The number of carbonyl (C=O) groups excluding carboxylic acids is 2. The Morgan fingerprint density at radius 3 is 2.66 bits per heavy atom. The van der Waals surface area contributed by atoms with Crippen LogP contribution in [0.25, 0.3) is 0 Å². The van der Waals surface area contributed by atoms with E-state index in [0.717, 1.165) is 11.8 Å². The molecule has 0 aliphatic carbocycles. The molecular weight excluding hydrogens is 469 g/mol. The van der Waals surface area contributed by atoms with Crippen LogP contribution in [0.1, 0.15) is 5.56 Å². The molecule has 0 radical (unpaired) electrons. The molecular formula is C23H19Cl2N3O3S. The topological polar surface area (TPSA) is 82.4 Å². The van der Waals surface area contributed by atoms with Crippen molar-refractivity contribution in [2.75, 3.05) is 18.6 Å². The van der Waals surface area contributed by atoms with E-state index in [0.29, 0.717) is 27.0 Å². The smallest absolute Gasteiger partial charge is 0.264 e. The van der Waals surface area contributed by atoms with Crippen LogP contribution in [0, 0.1) is 11.3 Å². The highest BCUT2D eigenvalue weighted by Crippen LogP contribution is 2.43. The van der Waals surface area contributed by atoms with E-state index in [4.69, 9.17) is 27.9 Å². The minimum absolute atomic E-state index is 0.152. The molecule has 3 rings (SSSR count). The fourth-order valence-corrected chi connectivity index (χ4v) is 4.81. The second kappa shape index (κ2) is 10.6. The van der Waals surface area contributed by atoms with Crippen molar-refractivity contribution in [1.82, 2.24) is 5.32 Å². The first-order valence-corrected chi connectivity index (χ1v) is 11.2. The summed E-state index contributed by atoms with van der Waals surface area (Å²) in [6, 6.07) is 14.0. The van der Waals surface area contributed by atoms with Gasteiger partial charge in [0.05, 0.1) is 22.4 Å². The van der Waals surface area contributed by atoms with Gasteiger partial charge >= 0.3 is 0 Å². The van der Waals surface area contributed by atoms with Crippen molar-refractivity contribution in [1.29, 1.82) is 5.26 Å². The number of rotatable bonds is 7. The summed E-state index contributed by atoms with van der Waals surface area (Å²) in [6.07, 6.45) is 1.79. The summed E-state index contributed by atoms with van der Waals surface area (Å²) >= 11 is 13.6. The Bertz CT molecular complexity index is 1130. The molecule has 1 aliphatic heterocycles. The number of halogens is 2. The standard InChI is InChI=1S/C23H19Cl2N3O3S/c1-3-11-27-21(29)17(13-26)23-28(15-7-9-16(31-2)10-8-15)22(30)19(32-23)12-14-5-4-6-18(24)20(14)25/h3-10,19H,1,11-12H2,2H3,(H,27,29)/b23-17-. The molecule has 9 heteroatoms. The minimum Gasteiger partial charge on any atom is -0.497 e. The molecule has 32 heavy (non-hydrogen) atoms. The summed E-state index contributed by atoms with van der Waals surface area (Å²) < 4.78 is 5.19. The molecule has 0 bridgehead atoms. The Hall–Kier alpha value is -2.92. The van der Waals surface area contributed by atoms with Crippen LogP contribution in [0.5, 0.6) is 5.75 Å². The van der Waals surface area contributed by atoms with Crippen molar-refractivity contribution >= 4 is 52.5 Å². The van der Waals surface area contributed by atoms with Crippen LogP contribution in [0.15, 0.2) is 65.7 Å². The van der Waals surface area contributed by atoms with E-state index in [1.807, 2.05) is 6.07 Å². The number of anilines is 1. The van der Waals surface area contributed by atoms with Gasteiger partial charge in [-0.05, 0) is 42.3 Å². The third kappa shape index (κ3) is 4.94. The molecule has 1 unspecified atom stereocenters. The van der Waals surface area contributed by atoms with Crippen LogP contribution in [0.4, 0.5) is 5.69 Å². The maximum absolute atomic E-state index is 13.4. The van der Waals surface area contributed by atoms with Crippen LogP contribution in [0.2, 0.25) is 10.0 Å². The second-order valence-corrected chi connectivity index (χ2v) is 8.66. The highest BCUT2D eigenvalue weighted by Gasteiger charge is 2.41. The Morgan fingerprint density at radius 2 is 2.03 bits per heavy atom. The number of amides is 2. The minimum atomic E-state index is -0.598. The fourth-order valence-electron chi connectivity index (χ4n) is 3.11. The SMILES string of the molecule is C=CCNC(=O)/C(C#N)=C1\SC(Cc2cccc(Cl)c2Cl)C(=O)N1c1ccc(OC)cc1. The third-order valence-electron chi connectivity index (χ3n) is 4.68. The first kappa shape index (κ1) is 23.7. The molecule has 1 atom stereocenters. The van der Waals surface area contributed by atoms with Gasteiger partial charge in [0.2, 0.25) is 5.91 Å². The Morgan fingerprint density at radius 1 is 1.31 bits per heavy atom. The molecule has 2 aromatic carbocycles. The zero-order valence-electron chi connectivity index (χ0n) is 17.1. The van der Waals surface area contributed by atoms with Crippen molar-refractivity contribution in [2.45, 2.75) is 11.7 Å². The van der Waals surface area contributed by atoms with Crippen molar-refractivity contribution in [3.63, 3.8) is 0 Å². The molecule has 1 saturated heterocycles. The van der Waals surface area contributed by atoms with Gasteiger partial charge in [0.25, 0.3) is 5.91 Å². The molecule has 1 N–H and O–H groups in total. The molecule has 164 valence electrons. The van der Waals surface area contributed by atoms with Crippen LogP contribution in [-0.2, 0) is 16.0 Å². The van der Waals surface area contributed by atoms with Crippen molar-refractivity contribution in [3.05, 3.63) is 81.3 Å².